The number of tetrazole rings is 1. The van der Waals surface area contributed by atoms with Gasteiger partial charge in [0.1, 0.15) is 4.90 Å². The summed E-state index contributed by atoms with van der Waals surface area (Å²) >= 11 is 3.28. The lowest BCUT2D eigenvalue weighted by Gasteiger charge is -2.10. The van der Waals surface area contributed by atoms with E-state index in [1.165, 1.54) is 4.63 Å². The van der Waals surface area contributed by atoms with Gasteiger partial charge in [0.25, 0.3) is 20.2 Å². The molecule has 0 radical (unpaired) electrons. The van der Waals surface area contributed by atoms with Crippen LogP contribution in [0.2, 0.25) is 0 Å². The Morgan fingerprint density at radius 2 is 1.75 bits per heavy atom. The zero-order valence-corrected chi connectivity index (χ0v) is 19.3. The Kier molecular flexibility index (Phi) is 5.20. The van der Waals surface area contributed by atoms with E-state index >= 15 is 0 Å². The molecule has 0 unspecified atom stereocenters. The SMILES string of the molecule is Cc1nn(-c2cc(S(=O)(=O)O)ccc2S(=O)(=O)O)c(N=Nc2c(C)nn3[nH]nnc23)c1Br. The molecule has 0 aliphatic rings. The molecule has 4 aromatic rings. The quantitative estimate of drug-likeness (QED) is 0.244. The molecule has 168 valence electrons. The third kappa shape index (κ3) is 3.81. The minimum atomic E-state index is -4.81. The molecule has 0 saturated heterocycles. The number of nitrogens with zero attached hydrogens (tertiary/aromatic N) is 8. The number of fused-ring (bicyclic) bond motifs is 1. The number of hydrogen-bond acceptors (Lipinski definition) is 10. The first-order chi connectivity index (χ1) is 14.9. The standard InChI is InChI=1S/C14H12BrN9O6S2/c1-6-11(15)13(17-16-12-7(2)20-24-14(12)18-21-22-24)23(19-6)9-5-8(31(25,26)27)3-4-10(9)32(28,29)30/h3-5H,1-2H3,(H,18,22)(H,25,26,27)(H,28,29,30). The molecule has 3 aromatic heterocycles. The second-order valence-electron chi connectivity index (χ2n) is 6.38. The zero-order valence-electron chi connectivity index (χ0n) is 16.0. The van der Waals surface area contributed by atoms with Crippen LogP contribution in [0.25, 0.3) is 11.3 Å². The van der Waals surface area contributed by atoms with Crippen LogP contribution in [0.1, 0.15) is 11.4 Å². The van der Waals surface area contributed by atoms with Gasteiger partial charge in [0.2, 0.25) is 5.65 Å². The van der Waals surface area contributed by atoms with E-state index in [0.717, 1.165) is 22.9 Å². The number of hydrogen-bond donors (Lipinski definition) is 3. The summed E-state index contributed by atoms with van der Waals surface area (Å²) in [6.45, 7) is 3.22. The summed E-state index contributed by atoms with van der Waals surface area (Å²) in [7, 11) is -9.51. The van der Waals surface area contributed by atoms with Crippen LogP contribution in [0, 0.1) is 13.8 Å². The predicted molar refractivity (Wildman–Crippen MR) is 110 cm³/mol. The smallest absolute Gasteiger partial charge is 0.282 e. The van der Waals surface area contributed by atoms with Crippen LogP contribution in [-0.4, -0.2) is 61.0 Å². The maximum absolute atomic E-state index is 11.9. The van der Waals surface area contributed by atoms with Gasteiger partial charge in [-0.2, -0.15) is 32.2 Å². The summed E-state index contributed by atoms with van der Waals surface area (Å²) in [6, 6.07) is 2.48. The highest BCUT2D eigenvalue weighted by Crippen LogP contribution is 2.36. The minimum Gasteiger partial charge on any atom is -0.282 e. The Bertz CT molecular complexity index is 1620. The molecule has 1 aromatic carbocycles. The van der Waals surface area contributed by atoms with Crippen molar-refractivity contribution in [1.29, 1.82) is 0 Å². The van der Waals surface area contributed by atoms with Gasteiger partial charge in [-0.3, -0.25) is 9.11 Å². The van der Waals surface area contributed by atoms with Gasteiger partial charge < -0.3 is 0 Å². The number of aryl methyl sites for hydroxylation is 2. The average molecular weight is 546 g/mol. The molecule has 32 heavy (non-hydrogen) atoms. The average Bonchev–Trinajstić information content (AvgIpc) is 3.33. The first kappa shape index (κ1) is 22.1. The summed E-state index contributed by atoms with van der Waals surface area (Å²) in [6.07, 6.45) is 0. The van der Waals surface area contributed by atoms with Crippen molar-refractivity contribution in [2.24, 2.45) is 10.2 Å². The predicted octanol–water partition coefficient (Wildman–Crippen LogP) is 1.93. The number of aromatic amines is 1. The van der Waals surface area contributed by atoms with Gasteiger partial charge in [-0.25, -0.2) is 4.68 Å². The molecular weight excluding hydrogens is 534 g/mol. The van der Waals surface area contributed by atoms with E-state index in [-0.39, 0.29) is 22.8 Å². The number of nitrogens with one attached hydrogen (secondary N) is 1. The van der Waals surface area contributed by atoms with Crippen molar-refractivity contribution in [3.8, 4) is 5.69 Å². The van der Waals surface area contributed by atoms with Gasteiger partial charge in [0.05, 0.1) is 26.4 Å². The maximum Gasteiger partial charge on any atom is 0.296 e. The molecule has 0 amide bonds. The molecule has 18 heteroatoms. The molecule has 0 aliphatic heterocycles. The Morgan fingerprint density at radius 1 is 1.03 bits per heavy atom. The molecule has 0 saturated carbocycles. The third-order valence-corrected chi connectivity index (χ3v) is 6.91. The van der Waals surface area contributed by atoms with Crippen molar-refractivity contribution in [2.75, 3.05) is 0 Å². The largest absolute Gasteiger partial charge is 0.296 e. The number of rotatable bonds is 5. The summed E-state index contributed by atoms with van der Waals surface area (Å²) < 4.78 is 68.5. The highest BCUT2D eigenvalue weighted by atomic mass is 79.9. The molecule has 4 rings (SSSR count). The molecule has 0 spiro atoms. The Morgan fingerprint density at radius 3 is 2.41 bits per heavy atom. The highest BCUT2D eigenvalue weighted by molar-refractivity contribution is 9.10. The Labute approximate surface area is 187 Å². The van der Waals surface area contributed by atoms with Gasteiger partial charge >= 0.3 is 0 Å². The number of H-pyrrole nitrogens is 1. The van der Waals surface area contributed by atoms with Crippen LogP contribution in [-0.2, 0) is 20.2 Å². The molecule has 0 aliphatic carbocycles. The van der Waals surface area contributed by atoms with Crippen LogP contribution >= 0.6 is 15.9 Å². The van der Waals surface area contributed by atoms with Gasteiger partial charge in [-0.05, 0) is 53.2 Å². The van der Waals surface area contributed by atoms with Crippen LogP contribution in [0.15, 0.2) is 42.7 Å². The second kappa shape index (κ2) is 7.52. The molecule has 0 atom stereocenters. The van der Waals surface area contributed by atoms with Crippen molar-refractivity contribution < 1.29 is 25.9 Å². The summed E-state index contributed by atoms with van der Waals surface area (Å²) in [5.41, 5.74) is 0.954. The van der Waals surface area contributed by atoms with E-state index in [2.05, 4.69) is 51.9 Å². The van der Waals surface area contributed by atoms with Crippen LogP contribution in [0.3, 0.4) is 0 Å². The Balaban J connectivity index is 1.96. The van der Waals surface area contributed by atoms with Crippen molar-refractivity contribution in [3.63, 3.8) is 0 Å². The lowest BCUT2D eigenvalue weighted by molar-refractivity contribution is 0.477. The maximum atomic E-state index is 11.9. The molecule has 3 N–H and O–H groups in total. The fraction of sp³-hybridized carbons (Fsp3) is 0.143. The molecular formula is C14H12BrN9O6S2. The van der Waals surface area contributed by atoms with E-state index in [1.54, 1.807) is 13.8 Å². The zero-order chi connectivity index (χ0) is 23.4. The van der Waals surface area contributed by atoms with E-state index in [9.17, 15) is 25.9 Å². The lowest BCUT2D eigenvalue weighted by atomic mass is 10.3. The van der Waals surface area contributed by atoms with Gasteiger partial charge in [0, 0.05) is 0 Å². The monoisotopic (exact) mass is 545 g/mol. The van der Waals surface area contributed by atoms with E-state index < -0.39 is 30.0 Å². The number of halogens is 1. The normalized spacial score (nSPS) is 12.9. The lowest BCUT2D eigenvalue weighted by Crippen LogP contribution is -2.09. The number of aromatic nitrogens is 7. The van der Waals surface area contributed by atoms with Crippen molar-refractivity contribution >= 4 is 53.3 Å². The first-order valence-electron chi connectivity index (χ1n) is 8.40. The van der Waals surface area contributed by atoms with E-state index in [4.69, 9.17) is 0 Å². The van der Waals surface area contributed by atoms with Gasteiger partial charge in [0.15, 0.2) is 11.5 Å². The molecule has 3 heterocycles. The van der Waals surface area contributed by atoms with Crippen LogP contribution < -0.4 is 0 Å². The minimum absolute atomic E-state index is 0.0397. The van der Waals surface area contributed by atoms with Crippen molar-refractivity contribution in [2.45, 2.75) is 23.6 Å². The van der Waals surface area contributed by atoms with E-state index in [1.807, 2.05) is 0 Å². The van der Waals surface area contributed by atoms with Gasteiger partial charge in [-0.1, -0.05) is 0 Å². The summed E-state index contributed by atoms with van der Waals surface area (Å²) in [5, 5.41) is 26.5. The molecule has 15 nitrogen and oxygen atoms in total. The molecule has 0 fully saturated rings. The fourth-order valence-electron chi connectivity index (χ4n) is 2.78. The summed E-state index contributed by atoms with van der Waals surface area (Å²) in [5.74, 6) is -0.0397. The second-order valence-corrected chi connectivity index (χ2v) is 9.99. The number of benzene rings is 1. The van der Waals surface area contributed by atoms with Crippen molar-refractivity contribution in [1.82, 2.24) is 35.0 Å². The molecule has 0 bridgehead atoms. The third-order valence-electron chi connectivity index (χ3n) is 4.23. The Hall–Kier alpha value is -3.06. The topological polar surface area (TPSA) is 210 Å². The van der Waals surface area contributed by atoms with Crippen LogP contribution in [0.4, 0.5) is 11.5 Å². The first-order valence-corrected chi connectivity index (χ1v) is 12.1. The van der Waals surface area contributed by atoms with Crippen LogP contribution in [0.5, 0.6) is 0 Å². The number of azo groups is 1. The highest BCUT2D eigenvalue weighted by Gasteiger charge is 2.25. The fourth-order valence-corrected chi connectivity index (χ4v) is 4.26. The van der Waals surface area contributed by atoms with E-state index in [0.29, 0.717) is 15.9 Å². The van der Waals surface area contributed by atoms with Crippen molar-refractivity contribution in [3.05, 3.63) is 34.1 Å². The van der Waals surface area contributed by atoms with Gasteiger partial charge in [-0.15, -0.1) is 20.0 Å². The summed E-state index contributed by atoms with van der Waals surface area (Å²) in [4.78, 5) is -1.29.